The monoisotopic (exact) mass is 352 g/mol. The van der Waals surface area contributed by atoms with Crippen molar-refractivity contribution in [2.24, 2.45) is 11.8 Å². The second-order valence-corrected chi connectivity index (χ2v) is 7.80. The first-order chi connectivity index (χ1) is 11.9. The zero-order valence-corrected chi connectivity index (χ0v) is 16.0. The standard InChI is InChI=1S/C21H36O4/c1-3-4-9-15-21(2,25)16-14-17-12-13-19(22)18(17)10-7-5-6-8-11-20(23)24/h14,16-18,25H,3-13,15H2,1-2H3,(H,23,24)/t17-,18-,21?/m1/s1. The number of aliphatic carboxylic acids is 1. The van der Waals surface area contributed by atoms with Crippen molar-refractivity contribution < 1.29 is 19.8 Å². The Labute approximate surface area is 152 Å². The zero-order chi connectivity index (χ0) is 18.7. The van der Waals surface area contributed by atoms with Crippen LogP contribution in [0, 0.1) is 11.8 Å². The Bertz CT molecular complexity index is 439. The fourth-order valence-electron chi connectivity index (χ4n) is 3.68. The fraction of sp³-hybridized carbons (Fsp3) is 0.810. The van der Waals surface area contributed by atoms with E-state index in [1.807, 2.05) is 13.0 Å². The highest BCUT2D eigenvalue weighted by molar-refractivity contribution is 5.83. The summed E-state index contributed by atoms with van der Waals surface area (Å²) in [5.41, 5.74) is -0.776. The van der Waals surface area contributed by atoms with Crippen molar-refractivity contribution in [1.29, 1.82) is 0 Å². The van der Waals surface area contributed by atoms with Gasteiger partial charge in [0, 0.05) is 18.8 Å². The summed E-state index contributed by atoms with van der Waals surface area (Å²) < 4.78 is 0. The minimum Gasteiger partial charge on any atom is -0.481 e. The predicted molar refractivity (Wildman–Crippen MR) is 100 cm³/mol. The number of Topliss-reactive ketones (excluding diaryl/α,β-unsaturated/α-hetero) is 1. The van der Waals surface area contributed by atoms with Gasteiger partial charge in [-0.25, -0.2) is 0 Å². The maximum Gasteiger partial charge on any atom is 0.303 e. The van der Waals surface area contributed by atoms with Gasteiger partial charge in [0.15, 0.2) is 0 Å². The Morgan fingerprint density at radius 2 is 1.92 bits per heavy atom. The largest absolute Gasteiger partial charge is 0.481 e. The lowest BCUT2D eigenvalue weighted by molar-refractivity contribution is -0.137. The molecule has 0 aromatic carbocycles. The zero-order valence-electron chi connectivity index (χ0n) is 16.0. The van der Waals surface area contributed by atoms with Crippen LogP contribution in [-0.2, 0) is 9.59 Å². The van der Waals surface area contributed by atoms with E-state index in [1.54, 1.807) is 0 Å². The molecule has 4 heteroatoms. The average Bonchev–Trinajstić information content (AvgIpc) is 2.89. The van der Waals surface area contributed by atoms with Crippen molar-refractivity contribution >= 4 is 11.8 Å². The van der Waals surface area contributed by atoms with Gasteiger partial charge in [-0.2, -0.15) is 0 Å². The molecule has 1 saturated carbocycles. The number of rotatable bonds is 13. The highest BCUT2D eigenvalue weighted by Crippen LogP contribution is 2.34. The number of carboxylic acids is 1. The highest BCUT2D eigenvalue weighted by atomic mass is 16.4. The molecule has 3 atom stereocenters. The molecule has 4 nitrogen and oxygen atoms in total. The third-order valence-electron chi connectivity index (χ3n) is 5.30. The molecule has 0 amide bonds. The molecule has 1 aliphatic rings. The van der Waals surface area contributed by atoms with E-state index < -0.39 is 11.6 Å². The molecule has 1 unspecified atom stereocenters. The molecule has 0 saturated heterocycles. The summed E-state index contributed by atoms with van der Waals surface area (Å²) in [4.78, 5) is 22.6. The first-order valence-electron chi connectivity index (χ1n) is 10.0. The molecule has 0 bridgehead atoms. The number of carboxylic acid groups (broad SMARTS) is 1. The molecular formula is C21H36O4. The number of ketones is 1. The van der Waals surface area contributed by atoms with E-state index in [0.29, 0.717) is 12.2 Å². The summed E-state index contributed by atoms with van der Waals surface area (Å²) in [5, 5.41) is 19.1. The molecular weight excluding hydrogens is 316 g/mol. The predicted octanol–water partition coefficient (Wildman–Crippen LogP) is 4.89. The highest BCUT2D eigenvalue weighted by Gasteiger charge is 2.32. The van der Waals surface area contributed by atoms with Crippen molar-refractivity contribution in [2.75, 3.05) is 0 Å². The molecule has 0 heterocycles. The van der Waals surface area contributed by atoms with E-state index in [9.17, 15) is 14.7 Å². The Balaban J connectivity index is 2.38. The lowest BCUT2D eigenvalue weighted by atomic mass is 9.87. The summed E-state index contributed by atoms with van der Waals surface area (Å²) in [6.45, 7) is 4.01. The smallest absolute Gasteiger partial charge is 0.303 e. The molecule has 2 N–H and O–H groups in total. The Kier molecular flexibility index (Phi) is 10.0. The van der Waals surface area contributed by atoms with E-state index in [0.717, 1.165) is 64.2 Å². The van der Waals surface area contributed by atoms with Crippen molar-refractivity contribution in [1.82, 2.24) is 0 Å². The van der Waals surface area contributed by atoms with Crippen LogP contribution in [0.5, 0.6) is 0 Å². The van der Waals surface area contributed by atoms with Gasteiger partial charge >= 0.3 is 5.97 Å². The Morgan fingerprint density at radius 1 is 1.20 bits per heavy atom. The molecule has 1 fully saturated rings. The van der Waals surface area contributed by atoms with Gasteiger partial charge in [-0.05, 0) is 38.5 Å². The van der Waals surface area contributed by atoms with Crippen LogP contribution in [0.3, 0.4) is 0 Å². The van der Waals surface area contributed by atoms with Gasteiger partial charge < -0.3 is 10.2 Å². The van der Waals surface area contributed by atoms with Crippen LogP contribution in [0.4, 0.5) is 0 Å². The van der Waals surface area contributed by atoms with Gasteiger partial charge in [0.05, 0.1) is 5.60 Å². The number of hydrogen-bond acceptors (Lipinski definition) is 3. The quantitative estimate of drug-likeness (QED) is 0.365. The number of allylic oxidation sites excluding steroid dienone is 1. The molecule has 0 aliphatic heterocycles. The number of unbranched alkanes of at least 4 members (excludes halogenated alkanes) is 5. The molecule has 25 heavy (non-hydrogen) atoms. The number of hydrogen-bond donors (Lipinski definition) is 2. The van der Waals surface area contributed by atoms with Crippen LogP contribution >= 0.6 is 0 Å². The summed E-state index contributed by atoms with van der Waals surface area (Å²) in [7, 11) is 0. The van der Waals surface area contributed by atoms with E-state index in [4.69, 9.17) is 5.11 Å². The first-order valence-corrected chi connectivity index (χ1v) is 10.0. The summed E-state index contributed by atoms with van der Waals surface area (Å²) in [5.74, 6) is -0.0423. The van der Waals surface area contributed by atoms with Crippen LogP contribution in [0.1, 0.15) is 90.9 Å². The number of carbonyl (C=O) groups is 2. The lowest BCUT2D eigenvalue weighted by Gasteiger charge is -2.21. The van der Waals surface area contributed by atoms with Gasteiger partial charge in [0.2, 0.25) is 0 Å². The lowest BCUT2D eigenvalue weighted by Crippen LogP contribution is -2.21. The second kappa shape index (κ2) is 11.5. The van der Waals surface area contributed by atoms with E-state index >= 15 is 0 Å². The van der Waals surface area contributed by atoms with Crippen LogP contribution in [-0.4, -0.2) is 27.6 Å². The molecule has 0 spiro atoms. The maximum atomic E-state index is 12.2. The summed E-state index contributed by atoms with van der Waals surface area (Å²) in [6, 6.07) is 0. The van der Waals surface area contributed by atoms with Crippen LogP contribution < -0.4 is 0 Å². The Morgan fingerprint density at radius 3 is 2.60 bits per heavy atom. The SMILES string of the molecule is CCCCCC(C)(O)C=C[C@H]1CCC(=O)[C@@H]1CCCCCCC(=O)O. The van der Waals surface area contributed by atoms with Gasteiger partial charge in [0.25, 0.3) is 0 Å². The van der Waals surface area contributed by atoms with Crippen molar-refractivity contribution in [3.8, 4) is 0 Å². The van der Waals surface area contributed by atoms with Gasteiger partial charge in [-0.1, -0.05) is 57.6 Å². The Hall–Kier alpha value is -1.16. The first kappa shape index (κ1) is 21.9. The maximum absolute atomic E-state index is 12.2. The number of aliphatic hydroxyl groups is 1. The average molecular weight is 353 g/mol. The van der Waals surface area contributed by atoms with Crippen LogP contribution in [0.2, 0.25) is 0 Å². The van der Waals surface area contributed by atoms with E-state index in [-0.39, 0.29) is 18.3 Å². The van der Waals surface area contributed by atoms with Gasteiger partial charge in [0.1, 0.15) is 5.78 Å². The minimum atomic E-state index is -0.776. The van der Waals surface area contributed by atoms with Crippen molar-refractivity contribution in [2.45, 2.75) is 96.5 Å². The molecule has 1 rings (SSSR count). The molecule has 0 aromatic rings. The molecule has 0 radical (unpaired) electrons. The minimum absolute atomic E-state index is 0.0853. The van der Waals surface area contributed by atoms with E-state index in [2.05, 4.69) is 13.0 Å². The topological polar surface area (TPSA) is 74.6 Å². The van der Waals surface area contributed by atoms with Gasteiger partial charge in [-0.3, -0.25) is 9.59 Å². The van der Waals surface area contributed by atoms with Crippen molar-refractivity contribution in [3.63, 3.8) is 0 Å². The molecule has 1 aliphatic carbocycles. The second-order valence-electron chi connectivity index (χ2n) is 7.80. The molecule has 144 valence electrons. The molecule has 0 aromatic heterocycles. The van der Waals surface area contributed by atoms with Crippen LogP contribution in [0.15, 0.2) is 12.2 Å². The third-order valence-corrected chi connectivity index (χ3v) is 5.30. The summed E-state index contributed by atoms with van der Waals surface area (Å²) >= 11 is 0. The van der Waals surface area contributed by atoms with Gasteiger partial charge in [-0.15, -0.1) is 0 Å². The summed E-state index contributed by atoms with van der Waals surface area (Å²) in [6.07, 6.45) is 14.3. The van der Waals surface area contributed by atoms with Crippen molar-refractivity contribution in [3.05, 3.63) is 12.2 Å². The van der Waals surface area contributed by atoms with E-state index in [1.165, 1.54) is 0 Å². The normalized spacial score (nSPS) is 23.2. The van der Waals surface area contributed by atoms with Crippen LogP contribution in [0.25, 0.3) is 0 Å². The number of carbonyl (C=O) groups excluding carboxylic acids is 1. The third kappa shape index (κ3) is 9.20. The fourth-order valence-corrected chi connectivity index (χ4v) is 3.68.